The number of benzene rings is 1. The van der Waals surface area contributed by atoms with E-state index in [2.05, 4.69) is 0 Å². The van der Waals surface area contributed by atoms with Crippen LogP contribution in [0.15, 0.2) is 0 Å². The van der Waals surface area contributed by atoms with Gasteiger partial charge in [0, 0.05) is 47.3 Å². The predicted octanol–water partition coefficient (Wildman–Crippen LogP) is 3.26. The Hall–Kier alpha value is -2.30. The first-order chi connectivity index (χ1) is 20.4. The lowest BCUT2D eigenvalue weighted by Gasteiger charge is -2.33. The molecule has 0 fully saturated rings. The summed E-state index contributed by atoms with van der Waals surface area (Å²) in [6.07, 6.45) is -2.50. The molecule has 244 valence electrons. The minimum Gasteiger partial charge on any atom is -0.464 e. The largest absolute Gasteiger partial charge is 0.464 e. The molecule has 0 N–H and O–H groups in total. The van der Waals surface area contributed by atoms with Gasteiger partial charge in [-0.25, -0.2) is 0 Å². The van der Waals surface area contributed by atoms with Gasteiger partial charge in [0.15, 0.2) is 12.2 Å². The van der Waals surface area contributed by atoms with E-state index >= 15 is 0 Å². The molecule has 1 aromatic carbocycles. The second-order valence-corrected chi connectivity index (χ2v) is 12.3. The third kappa shape index (κ3) is 11.9. The summed E-state index contributed by atoms with van der Waals surface area (Å²) in [5.74, 6) is -4.49. The molecule has 0 aliphatic heterocycles. The van der Waals surface area contributed by atoms with Gasteiger partial charge in [0.25, 0.3) is 11.8 Å². The van der Waals surface area contributed by atoms with Crippen LogP contribution < -0.4 is 9.80 Å². The van der Waals surface area contributed by atoms with Crippen molar-refractivity contribution in [2.24, 2.45) is 0 Å². The van der Waals surface area contributed by atoms with Gasteiger partial charge in [-0.1, -0.05) is 0 Å². The molecule has 1 aromatic rings. The van der Waals surface area contributed by atoms with Crippen molar-refractivity contribution in [2.75, 3.05) is 36.1 Å². The Labute approximate surface area is 295 Å². The number of ether oxygens (including phenoxy) is 5. The number of rotatable bonds is 14. The smallest absolute Gasteiger partial charge is 0.303 e. The lowest BCUT2D eigenvalue weighted by atomic mass is 10.1. The summed E-state index contributed by atoms with van der Waals surface area (Å²) in [7, 11) is 0. The molecular weight excluding hydrogens is 925 g/mol. The molecular formula is C27H33I3N2O12. The van der Waals surface area contributed by atoms with Crippen LogP contribution in [0.3, 0.4) is 0 Å². The molecule has 0 spiro atoms. The maximum absolute atomic E-state index is 13.7. The van der Waals surface area contributed by atoms with E-state index in [1.165, 1.54) is 44.4 Å². The molecule has 1 rings (SSSR count). The van der Waals surface area contributed by atoms with Crippen molar-refractivity contribution in [1.82, 2.24) is 0 Å². The van der Waals surface area contributed by atoms with E-state index in [9.17, 15) is 33.6 Å². The Morgan fingerprint density at radius 2 is 0.909 bits per heavy atom. The highest BCUT2D eigenvalue weighted by Gasteiger charge is 2.35. The van der Waals surface area contributed by atoms with Crippen molar-refractivity contribution >= 4 is 121 Å². The number of hydrogen-bond donors (Lipinski definition) is 0. The fourth-order valence-corrected chi connectivity index (χ4v) is 8.37. The third-order valence-corrected chi connectivity index (χ3v) is 8.82. The quantitative estimate of drug-likeness (QED) is 0.152. The normalized spacial score (nSPS) is 11.9. The molecule has 0 saturated carbocycles. The maximum Gasteiger partial charge on any atom is 0.303 e. The monoisotopic (exact) mass is 958 g/mol. The van der Waals surface area contributed by atoms with Gasteiger partial charge in [-0.15, -0.1) is 0 Å². The van der Waals surface area contributed by atoms with Crippen LogP contribution in [-0.2, 0) is 63.9 Å². The zero-order valence-electron chi connectivity index (χ0n) is 25.1. The van der Waals surface area contributed by atoms with Gasteiger partial charge >= 0.3 is 29.8 Å². The average Bonchev–Trinajstić information content (AvgIpc) is 2.89. The van der Waals surface area contributed by atoms with Crippen molar-refractivity contribution < 1.29 is 57.2 Å². The Morgan fingerprint density at radius 1 is 0.568 bits per heavy atom. The number of carbonyl (C=O) groups is 7. The van der Waals surface area contributed by atoms with Crippen molar-refractivity contribution in [2.45, 2.75) is 67.3 Å². The van der Waals surface area contributed by atoms with Crippen LogP contribution in [0.1, 0.15) is 54.0 Å². The Balaban J connectivity index is 4.10. The molecule has 0 heterocycles. The van der Waals surface area contributed by atoms with Crippen molar-refractivity contribution in [3.8, 4) is 0 Å². The number of nitrogens with zero attached hydrogens (tertiary/aromatic N) is 2. The van der Waals surface area contributed by atoms with Crippen molar-refractivity contribution in [1.29, 1.82) is 0 Å². The van der Waals surface area contributed by atoms with Crippen LogP contribution in [0.25, 0.3) is 0 Å². The average molecular weight is 958 g/mol. The summed E-state index contributed by atoms with van der Waals surface area (Å²) >= 11 is 5.89. The Kier molecular flexibility index (Phi) is 16.8. The van der Waals surface area contributed by atoms with Gasteiger partial charge in [0.1, 0.15) is 19.8 Å². The summed E-state index contributed by atoms with van der Waals surface area (Å²) in [4.78, 5) is 88.2. The third-order valence-electron chi connectivity index (χ3n) is 5.47. The van der Waals surface area contributed by atoms with Crippen LogP contribution >= 0.6 is 67.8 Å². The Bertz CT molecular complexity index is 1220. The molecule has 0 bridgehead atoms. The first-order valence-electron chi connectivity index (χ1n) is 13.0. The lowest BCUT2D eigenvalue weighted by molar-refractivity contribution is -0.152. The summed E-state index contributed by atoms with van der Waals surface area (Å²) in [5.41, 5.74) is 0.901. The number of halogens is 3. The van der Waals surface area contributed by atoms with Gasteiger partial charge < -0.3 is 33.5 Å². The molecule has 0 aliphatic rings. The molecule has 0 aromatic heterocycles. The topological polar surface area (TPSA) is 172 Å². The first-order valence-corrected chi connectivity index (χ1v) is 16.2. The zero-order chi connectivity index (χ0) is 33.9. The van der Waals surface area contributed by atoms with Crippen molar-refractivity contribution in [3.63, 3.8) is 0 Å². The van der Waals surface area contributed by atoms with Gasteiger partial charge in [0.05, 0.1) is 28.0 Å². The second-order valence-electron chi connectivity index (χ2n) is 9.06. The summed E-state index contributed by atoms with van der Waals surface area (Å²) < 4.78 is 27.0. The summed E-state index contributed by atoms with van der Waals surface area (Å²) in [6.45, 7) is 7.66. The van der Waals surface area contributed by atoms with E-state index in [1.54, 1.807) is 0 Å². The highest BCUT2D eigenvalue weighted by Crippen LogP contribution is 2.43. The van der Waals surface area contributed by atoms with E-state index in [1.807, 2.05) is 67.8 Å². The molecule has 2 atom stereocenters. The number of amides is 2. The molecule has 0 saturated heterocycles. The molecule has 44 heavy (non-hydrogen) atoms. The number of esters is 5. The minimum absolute atomic E-state index is 0.172. The van der Waals surface area contributed by atoms with E-state index in [0.29, 0.717) is 16.3 Å². The van der Waals surface area contributed by atoms with Gasteiger partial charge in [-0.05, 0) is 81.6 Å². The fourth-order valence-electron chi connectivity index (χ4n) is 3.72. The Morgan fingerprint density at radius 3 is 1.20 bits per heavy atom. The SMILES string of the molecule is CC(=O)OCCN(C(=O)C(C)OC(C)=O)c1c(I)c(COC(C)=O)c(I)c(N(CCOC(C)=O)C(=O)C(C)OC(C)=O)c1I. The van der Waals surface area contributed by atoms with Gasteiger partial charge in [-0.2, -0.15) is 0 Å². The summed E-state index contributed by atoms with van der Waals surface area (Å²) in [5, 5.41) is 0. The number of hydrogen-bond acceptors (Lipinski definition) is 12. The van der Waals surface area contributed by atoms with E-state index < -0.39 is 53.9 Å². The van der Waals surface area contributed by atoms with Gasteiger partial charge in [-0.3, -0.25) is 33.6 Å². The fraction of sp³-hybridized carbons (Fsp3) is 0.519. The van der Waals surface area contributed by atoms with E-state index in [0.717, 1.165) is 13.8 Å². The molecule has 14 nitrogen and oxygen atoms in total. The van der Waals surface area contributed by atoms with Crippen LogP contribution in [0.2, 0.25) is 0 Å². The van der Waals surface area contributed by atoms with Crippen LogP contribution in [0.5, 0.6) is 0 Å². The number of anilines is 2. The minimum atomic E-state index is -1.25. The molecule has 2 unspecified atom stereocenters. The molecule has 17 heteroatoms. The highest BCUT2D eigenvalue weighted by atomic mass is 127. The van der Waals surface area contributed by atoms with Crippen LogP contribution in [0.4, 0.5) is 11.4 Å². The molecule has 2 amide bonds. The van der Waals surface area contributed by atoms with E-state index in [-0.39, 0.29) is 44.3 Å². The molecule has 0 radical (unpaired) electrons. The number of carbonyl (C=O) groups excluding carboxylic acids is 7. The van der Waals surface area contributed by atoms with E-state index in [4.69, 9.17) is 23.7 Å². The van der Waals surface area contributed by atoms with Crippen molar-refractivity contribution in [3.05, 3.63) is 16.3 Å². The standard InChI is InChI=1S/C27H33I3N2O12/c1-13(43-18(6)36)26(38)31(8-10-40-15(3)33)24-21(28)20(12-42-17(5)35)22(29)25(23(24)30)32(9-11-41-16(4)34)27(39)14(2)44-19(7)37/h13-14H,8-12H2,1-7H3. The van der Waals surface area contributed by atoms with Crippen LogP contribution in [0, 0.1) is 10.7 Å². The maximum atomic E-state index is 13.7. The van der Waals surface area contributed by atoms with Crippen LogP contribution in [-0.4, -0.2) is 80.2 Å². The van der Waals surface area contributed by atoms with Gasteiger partial charge in [0.2, 0.25) is 0 Å². The zero-order valence-corrected chi connectivity index (χ0v) is 31.6. The lowest BCUT2D eigenvalue weighted by Crippen LogP contribution is -2.45. The highest BCUT2D eigenvalue weighted by molar-refractivity contribution is 14.1. The predicted molar refractivity (Wildman–Crippen MR) is 180 cm³/mol. The second kappa shape index (κ2) is 18.6. The first kappa shape index (κ1) is 39.7. The summed E-state index contributed by atoms with van der Waals surface area (Å²) in [6, 6.07) is 0. The molecule has 0 aliphatic carbocycles.